The first kappa shape index (κ1) is 28.8. The van der Waals surface area contributed by atoms with Crippen LogP contribution in [0.25, 0.3) is 16.9 Å². The van der Waals surface area contributed by atoms with E-state index in [9.17, 15) is 18.0 Å². The van der Waals surface area contributed by atoms with Crippen molar-refractivity contribution in [1.29, 1.82) is 0 Å². The molecule has 0 bridgehead atoms. The zero-order valence-electron chi connectivity index (χ0n) is 22.4. The van der Waals surface area contributed by atoms with E-state index in [-0.39, 0.29) is 6.42 Å². The number of fused-ring (bicyclic) bond motifs is 1. The normalized spacial score (nSPS) is 15.4. The van der Waals surface area contributed by atoms with E-state index in [1.54, 1.807) is 24.5 Å². The van der Waals surface area contributed by atoms with Crippen molar-refractivity contribution in [2.24, 2.45) is 5.16 Å². The molecule has 0 spiro atoms. The Morgan fingerprint density at radius 3 is 2.62 bits per heavy atom. The number of ketones is 1. The monoisotopic (exact) mass is 543 g/mol. The van der Waals surface area contributed by atoms with Gasteiger partial charge in [-0.15, -0.1) is 0 Å². The Kier molecular flexibility index (Phi) is 10.1. The summed E-state index contributed by atoms with van der Waals surface area (Å²) < 4.78 is 39.2. The lowest BCUT2D eigenvalue weighted by atomic mass is 10.0. The van der Waals surface area contributed by atoms with Crippen LogP contribution in [0.2, 0.25) is 0 Å². The molecule has 1 aliphatic rings. The number of rotatable bonds is 13. The van der Waals surface area contributed by atoms with Crippen molar-refractivity contribution in [1.82, 2.24) is 19.2 Å². The number of piperazine rings is 1. The molecule has 4 rings (SSSR count). The number of imidazole rings is 1. The molecular weight excluding hydrogens is 507 g/mol. The van der Waals surface area contributed by atoms with E-state index in [0.717, 1.165) is 61.6 Å². The molecular formula is C29H36F3N5O2. The maximum absolute atomic E-state index is 12.4. The Balaban J connectivity index is 1.26. The second kappa shape index (κ2) is 13.7. The highest BCUT2D eigenvalue weighted by molar-refractivity contribution is 5.82. The van der Waals surface area contributed by atoms with Gasteiger partial charge >= 0.3 is 6.18 Å². The Bertz CT molecular complexity index is 1250. The summed E-state index contributed by atoms with van der Waals surface area (Å²) in [4.78, 5) is 27.0. The van der Waals surface area contributed by atoms with Gasteiger partial charge in [-0.1, -0.05) is 30.3 Å². The maximum atomic E-state index is 12.4. The summed E-state index contributed by atoms with van der Waals surface area (Å²) in [5.41, 5.74) is 3.91. The van der Waals surface area contributed by atoms with Crippen LogP contribution in [0.5, 0.6) is 0 Å². The minimum absolute atomic E-state index is 0.0309. The molecule has 3 aromatic rings. The Labute approximate surface area is 227 Å². The van der Waals surface area contributed by atoms with Crippen LogP contribution < -0.4 is 0 Å². The van der Waals surface area contributed by atoms with Crippen LogP contribution in [0, 0.1) is 0 Å². The zero-order chi connectivity index (χ0) is 27.7. The van der Waals surface area contributed by atoms with Gasteiger partial charge in [-0.3, -0.25) is 9.20 Å². The van der Waals surface area contributed by atoms with Crippen LogP contribution in [-0.2, 0) is 16.1 Å². The number of pyridine rings is 1. The van der Waals surface area contributed by atoms with Gasteiger partial charge in [0.05, 0.1) is 24.5 Å². The molecule has 0 unspecified atom stereocenters. The van der Waals surface area contributed by atoms with Crippen molar-refractivity contribution in [2.75, 3.05) is 45.9 Å². The summed E-state index contributed by atoms with van der Waals surface area (Å²) in [6, 6.07) is 11.1. The van der Waals surface area contributed by atoms with E-state index in [4.69, 9.17) is 4.84 Å². The highest BCUT2D eigenvalue weighted by atomic mass is 19.4. The molecule has 0 saturated carbocycles. The lowest BCUT2D eigenvalue weighted by Gasteiger charge is -2.34. The minimum Gasteiger partial charge on any atom is -0.396 e. The highest BCUT2D eigenvalue weighted by Gasteiger charge is 2.27. The number of hydrogen-bond acceptors (Lipinski definition) is 6. The number of Topliss-reactive ketones (excluding diaryl/α,β-unsaturated/α-hetero) is 1. The number of oxime groups is 1. The summed E-state index contributed by atoms with van der Waals surface area (Å²) in [7, 11) is 0. The standard InChI is InChI=1S/C29H36F3N5O2/c1-2-10-35-13-15-36(16-14-35)11-4-17-39-34-21-24-8-12-37-27(22-33-28(37)20-24)25-6-3-5-23(18-25)19-26(38)7-9-29(30,31)32/h3,5-6,8,12,18,20-22H,2,4,7,9-11,13-17,19H2,1H3. The zero-order valence-corrected chi connectivity index (χ0v) is 22.4. The van der Waals surface area contributed by atoms with Crippen LogP contribution in [0.1, 0.15) is 43.7 Å². The molecule has 0 amide bonds. The first-order valence-electron chi connectivity index (χ1n) is 13.6. The number of aromatic nitrogens is 2. The number of alkyl halides is 3. The summed E-state index contributed by atoms with van der Waals surface area (Å²) in [5, 5.41) is 4.11. The molecule has 10 heteroatoms. The van der Waals surface area contributed by atoms with Crippen LogP contribution in [-0.4, -0.2) is 83.2 Å². The summed E-state index contributed by atoms with van der Waals surface area (Å²) >= 11 is 0. The van der Waals surface area contributed by atoms with Gasteiger partial charge < -0.3 is 14.6 Å². The number of nitrogens with zero attached hydrogens (tertiary/aromatic N) is 5. The van der Waals surface area contributed by atoms with Crippen molar-refractivity contribution in [2.45, 2.75) is 45.2 Å². The molecule has 3 heterocycles. The van der Waals surface area contributed by atoms with Crippen LogP contribution in [0.4, 0.5) is 13.2 Å². The Morgan fingerprint density at radius 2 is 1.87 bits per heavy atom. The molecule has 1 aliphatic heterocycles. The molecule has 0 aliphatic carbocycles. The van der Waals surface area contributed by atoms with Gasteiger partial charge in [0.15, 0.2) is 0 Å². The van der Waals surface area contributed by atoms with Crippen molar-refractivity contribution in [3.8, 4) is 11.3 Å². The van der Waals surface area contributed by atoms with Crippen molar-refractivity contribution < 1.29 is 22.8 Å². The van der Waals surface area contributed by atoms with E-state index in [1.165, 1.54) is 13.0 Å². The number of hydrogen-bond donors (Lipinski definition) is 0. The fraction of sp³-hybridized carbons (Fsp3) is 0.483. The molecule has 2 aromatic heterocycles. The second-order valence-corrected chi connectivity index (χ2v) is 9.97. The van der Waals surface area contributed by atoms with Gasteiger partial charge in [-0.05, 0) is 43.1 Å². The second-order valence-electron chi connectivity index (χ2n) is 9.97. The molecule has 1 saturated heterocycles. The van der Waals surface area contributed by atoms with Crippen molar-refractivity contribution >= 4 is 17.6 Å². The first-order chi connectivity index (χ1) is 18.8. The molecule has 7 nitrogen and oxygen atoms in total. The number of halogens is 3. The van der Waals surface area contributed by atoms with Crippen LogP contribution >= 0.6 is 0 Å². The number of benzene rings is 1. The minimum atomic E-state index is -4.33. The first-order valence-corrected chi connectivity index (χ1v) is 13.6. The third-order valence-corrected chi connectivity index (χ3v) is 6.84. The molecule has 0 N–H and O–H groups in total. The van der Waals surface area contributed by atoms with Gasteiger partial charge in [-0.2, -0.15) is 13.2 Å². The van der Waals surface area contributed by atoms with Gasteiger partial charge in [-0.25, -0.2) is 4.98 Å². The third-order valence-electron chi connectivity index (χ3n) is 6.84. The van der Waals surface area contributed by atoms with Gasteiger partial charge in [0.2, 0.25) is 0 Å². The molecule has 39 heavy (non-hydrogen) atoms. The van der Waals surface area contributed by atoms with Gasteiger partial charge in [0, 0.05) is 62.9 Å². The smallest absolute Gasteiger partial charge is 0.389 e. The number of carbonyl (C=O) groups excluding carboxylic acids is 1. The molecule has 0 radical (unpaired) electrons. The van der Waals surface area contributed by atoms with E-state index in [0.29, 0.717) is 12.2 Å². The highest BCUT2D eigenvalue weighted by Crippen LogP contribution is 2.24. The molecule has 1 aromatic carbocycles. The lowest BCUT2D eigenvalue weighted by molar-refractivity contribution is -0.143. The predicted octanol–water partition coefficient (Wildman–Crippen LogP) is 5.22. The number of carbonyl (C=O) groups is 1. The van der Waals surface area contributed by atoms with Gasteiger partial charge in [0.1, 0.15) is 18.0 Å². The average Bonchev–Trinajstić information content (AvgIpc) is 3.34. The summed E-state index contributed by atoms with van der Waals surface area (Å²) in [5.74, 6) is -0.431. The molecule has 1 fully saturated rings. The molecule has 210 valence electrons. The van der Waals surface area contributed by atoms with E-state index in [1.807, 2.05) is 34.9 Å². The van der Waals surface area contributed by atoms with Crippen LogP contribution in [0.3, 0.4) is 0 Å². The average molecular weight is 544 g/mol. The molecule has 0 atom stereocenters. The quantitative estimate of drug-likeness (QED) is 0.168. The lowest BCUT2D eigenvalue weighted by Crippen LogP contribution is -2.46. The third kappa shape index (κ3) is 8.90. The Morgan fingerprint density at radius 1 is 1.10 bits per heavy atom. The maximum Gasteiger partial charge on any atom is 0.389 e. The summed E-state index contributed by atoms with van der Waals surface area (Å²) in [6.45, 7) is 9.49. The van der Waals surface area contributed by atoms with Crippen molar-refractivity contribution in [3.05, 3.63) is 59.9 Å². The predicted molar refractivity (Wildman–Crippen MR) is 146 cm³/mol. The fourth-order valence-corrected chi connectivity index (χ4v) is 4.78. The van der Waals surface area contributed by atoms with Gasteiger partial charge in [0.25, 0.3) is 0 Å². The fourth-order valence-electron chi connectivity index (χ4n) is 4.78. The topological polar surface area (TPSA) is 62.4 Å². The van der Waals surface area contributed by atoms with E-state index >= 15 is 0 Å². The van der Waals surface area contributed by atoms with Crippen molar-refractivity contribution in [3.63, 3.8) is 0 Å². The Hall–Kier alpha value is -3.24. The van der Waals surface area contributed by atoms with E-state index < -0.39 is 24.8 Å². The SMILES string of the molecule is CCCN1CCN(CCCON=Cc2ccn3c(-c4cccc(CC(=O)CCC(F)(F)F)c4)cnc3c2)CC1. The largest absolute Gasteiger partial charge is 0.396 e. The van der Waals surface area contributed by atoms with E-state index in [2.05, 4.69) is 26.9 Å². The van der Waals surface area contributed by atoms with Crippen LogP contribution in [0.15, 0.2) is 53.9 Å². The summed E-state index contributed by atoms with van der Waals surface area (Å²) in [6.07, 6.45) is 1.48.